The summed E-state index contributed by atoms with van der Waals surface area (Å²) in [7, 11) is 0. The maximum absolute atomic E-state index is 11.8. The Labute approximate surface area is 185 Å². The molecule has 0 aliphatic heterocycles. The first-order chi connectivity index (χ1) is 14.3. The second kappa shape index (κ2) is 15.2. The maximum atomic E-state index is 11.8. The van der Waals surface area contributed by atoms with Gasteiger partial charge in [-0.2, -0.15) is 0 Å². The minimum Gasteiger partial charge on any atom is -0.492 e. The van der Waals surface area contributed by atoms with Crippen LogP contribution in [-0.4, -0.2) is 34.0 Å². The number of unbranched alkanes of at least 4 members (excludes halogenated alkanes) is 7. The van der Waals surface area contributed by atoms with Crippen molar-refractivity contribution in [2.24, 2.45) is 0 Å². The van der Waals surface area contributed by atoms with Gasteiger partial charge in [-0.15, -0.1) is 11.8 Å². The van der Waals surface area contributed by atoms with Gasteiger partial charge in [-0.25, -0.2) is 0 Å². The van der Waals surface area contributed by atoms with E-state index in [1.165, 1.54) is 50.3 Å². The molecule has 5 nitrogen and oxygen atoms in total. The first-order valence-electron chi connectivity index (χ1n) is 11.2. The molecule has 1 aromatic rings. The highest BCUT2D eigenvalue weighted by Crippen LogP contribution is 2.38. The third-order valence-corrected chi connectivity index (χ3v) is 6.51. The largest absolute Gasteiger partial charge is 0.492 e. The number of carbonyl (C=O) groups is 2. The molecule has 6 heteroatoms. The lowest BCUT2D eigenvalue weighted by Gasteiger charge is -2.18. The normalized spacial score (nSPS) is 12.0. The third-order valence-electron chi connectivity index (χ3n) is 5.03. The van der Waals surface area contributed by atoms with E-state index in [1.807, 2.05) is 26.0 Å². The summed E-state index contributed by atoms with van der Waals surface area (Å²) in [5.74, 6) is -0.977. The fourth-order valence-corrected chi connectivity index (χ4v) is 4.57. The Morgan fingerprint density at radius 1 is 0.967 bits per heavy atom. The zero-order chi connectivity index (χ0) is 22.4. The highest BCUT2D eigenvalue weighted by Gasteiger charge is 2.22. The molecule has 0 radical (unpaired) electrons. The maximum Gasteiger partial charge on any atom is 0.316 e. The van der Waals surface area contributed by atoms with E-state index in [0.29, 0.717) is 25.2 Å². The molecule has 2 N–H and O–H groups in total. The van der Waals surface area contributed by atoms with E-state index in [-0.39, 0.29) is 6.42 Å². The summed E-state index contributed by atoms with van der Waals surface area (Å²) < 4.78 is 5.84. The quantitative estimate of drug-likeness (QED) is 0.210. The molecule has 1 unspecified atom stereocenters. The van der Waals surface area contributed by atoms with E-state index in [2.05, 4.69) is 6.92 Å². The van der Waals surface area contributed by atoms with Gasteiger partial charge in [0.25, 0.3) is 0 Å². The van der Waals surface area contributed by atoms with Crippen LogP contribution >= 0.6 is 11.8 Å². The Hall–Kier alpha value is -1.69. The lowest BCUT2D eigenvalue weighted by molar-refractivity contribution is -0.138. The molecule has 0 saturated heterocycles. The molecule has 0 saturated carbocycles. The number of aryl methyl sites for hydroxylation is 2. The Bertz CT molecular complexity index is 659. The van der Waals surface area contributed by atoms with Crippen LogP contribution in [0.25, 0.3) is 0 Å². The SMILES string of the molecule is CCCCCCCCCCC(Sc1c(C)cc(C)cc1OCCCC(=O)O)C(=O)O. The van der Waals surface area contributed by atoms with Crippen molar-refractivity contribution in [3.05, 3.63) is 23.3 Å². The zero-order valence-electron chi connectivity index (χ0n) is 18.7. The third kappa shape index (κ3) is 10.9. The number of aliphatic carboxylic acids is 2. The Morgan fingerprint density at radius 3 is 2.20 bits per heavy atom. The summed E-state index contributed by atoms with van der Waals surface area (Å²) in [6.45, 7) is 6.46. The van der Waals surface area contributed by atoms with Crippen molar-refractivity contribution < 1.29 is 24.5 Å². The average molecular weight is 439 g/mol. The van der Waals surface area contributed by atoms with Crippen molar-refractivity contribution in [1.82, 2.24) is 0 Å². The van der Waals surface area contributed by atoms with Crippen LogP contribution in [-0.2, 0) is 9.59 Å². The smallest absolute Gasteiger partial charge is 0.316 e. The van der Waals surface area contributed by atoms with Crippen LogP contribution in [0, 0.1) is 13.8 Å². The first-order valence-corrected chi connectivity index (χ1v) is 12.1. The fourth-order valence-electron chi connectivity index (χ4n) is 3.42. The minimum absolute atomic E-state index is 0.0590. The van der Waals surface area contributed by atoms with E-state index in [9.17, 15) is 14.7 Å². The molecule has 0 aliphatic rings. The molecule has 0 heterocycles. The Morgan fingerprint density at radius 2 is 1.60 bits per heavy atom. The van der Waals surface area contributed by atoms with Gasteiger partial charge in [-0.1, -0.05) is 64.4 Å². The van der Waals surface area contributed by atoms with E-state index >= 15 is 0 Å². The molecule has 0 aromatic heterocycles. The molecular formula is C24H38O5S. The molecule has 0 bridgehead atoms. The molecule has 0 spiro atoms. The monoisotopic (exact) mass is 438 g/mol. The number of hydrogen-bond donors (Lipinski definition) is 2. The summed E-state index contributed by atoms with van der Waals surface area (Å²) in [6.07, 6.45) is 10.6. The second-order valence-corrected chi connectivity index (χ2v) is 9.18. The van der Waals surface area contributed by atoms with E-state index in [4.69, 9.17) is 9.84 Å². The molecule has 0 fully saturated rings. The van der Waals surface area contributed by atoms with E-state index in [1.54, 1.807) is 0 Å². The van der Waals surface area contributed by atoms with E-state index in [0.717, 1.165) is 28.9 Å². The number of rotatable bonds is 17. The van der Waals surface area contributed by atoms with Gasteiger partial charge in [-0.3, -0.25) is 9.59 Å². The van der Waals surface area contributed by atoms with Crippen LogP contribution in [0.15, 0.2) is 17.0 Å². The van der Waals surface area contributed by atoms with Crippen LogP contribution in [0.5, 0.6) is 5.75 Å². The average Bonchev–Trinajstić information content (AvgIpc) is 2.67. The van der Waals surface area contributed by atoms with Crippen molar-refractivity contribution in [2.45, 2.75) is 102 Å². The zero-order valence-corrected chi connectivity index (χ0v) is 19.6. The first kappa shape index (κ1) is 26.3. The lowest BCUT2D eigenvalue weighted by atomic mass is 10.1. The predicted molar refractivity (Wildman–Crippen MR) is 123 cm³/mol. The van der Waals surface area contributed by atoms with Gasteiger partial charge >= 0.3 is 11.9 Å². The Kier molecular flexibility index (Phi) is 13.3. The Balaban J connectivity index is 2.62. The lowest BCUT2D eigenvalue weighted by Crippen LogP contribution is -2.16. The number of benzene rings is 1. The van der Waals surface area contributed by atoms with Crippen molar-refractivity contribution >= 4 is 23.7 Å². The molecule has 30 heavy (non-hydrogen) atoms. The van der Waals surface area contributed by atoms with Crippen molar-refractivity contribution in [1.29, 1.82) is 0 Å². The summed E-state index contributed by atoms with van der Waals surface area (Å²) in [5.41, 5.74) is 2.04. The van der Waals surface area contributed by atoms with Crippen LogP contribution in [0.2, 0.25) is 0 Å². The molecule has 1 rings (SSSR count). The molecule has 170 valence electrons. The van der Waals surface area contributed by atoms with Gasteiger partial charge in [0.2, 0.25) is 0 Å². The molecule has 1 aromatic carbocycles. The number of carboxylic acid groups (broad SMARTS) is 2. The highest BCUT2D eigenvalue weighted by molar-refractivity contribution is 8.00. The molecular weight excluding hydrogens is 400 g/mol. The number of hydrogen-bond acceptors (Lipinski definition) is 4. The van der Waals surface area contributed by atoms with Gasteiger partial charge < -0.3 is 14.9 Å². The van der Waals surface area contributed by atoms with Crippen LogP contribution in [0.3, 0.4) is 0 Å². The molecule has 1 atom stereocenters. The van der Waals surface area contributed by atoms with Crippen LogP contribution in [0.4, 0.5) is 0 Å². The topological polar surface area (TPSA) is 83.8 Å². The van der Waals surface area contributed by atoms with Crippen molar-refractivity contribution in [3.8, 4) is 5.75 Å². The van der Waals surface area contributed by atoms with E-state index < -0.39 is 17.2 Å². The van der Waals surface area contributed by atoms with Crippen molar-refractivity contribution in [3.63, 3.8) is 0 Å². The highest BCUT2D eigenvalue weighted by atomic mass is 32.2. The standard InChI is InChI=1S/C24H38O5S/c1-4-5-6-7-8-9-10-11-13-21(24(27)28)30-23-19(3)16-18(2)17-20(23)29-15-12-14-22(25)26/h16-17,21H,4-15H2,1-3H3,(H,25,26)(H,27,28). The number of thioether (sulfide) groups is 1. The van der Waals surface area contributed by atoms with Crippen LogP contribution in [0.1, 0.15) is 88.7 Å². The number of ether oxygens (including phenoxy) is 1. The minimum atomic E-state index is -0.843. The van der Waals surface area contributed by atoms with Gasteiger partial charge in [0.05, 0.1) is 11.5 Å². The summed E-state index contributed by atoms with van der Waals surface area (Å²) >= 11 is 1.36. The summed E-state index contributed by atoms with van der Waals surface area (Å²) in [4.78, 5) is 23.4. The fraction of sp³-hybridized carbons (Fsp3) is 0.667. The second-order valence-electron chi connectivity index (χ2n) is 7.96. The predicted octanol–water partition coefficient (Wildman–Crippen LogP) is 6.62. The van der Waals surface area contributed by atoms with Gasteiger partial charge in [-0.05, 0) is 43.9 Å². The van der Waals surface area contributed by atoms with Gasteiger partial charge in [0.1, 0.15) is 11.0 Å². The summed E-state index contributed by atoms with van der Waals surface area (Å²) in [6, 6.07) is 3.94. The van der Waals surface area contributed by atoms with Gasteiger partial charge in [0.15, 0.2) is 0 Å². The van der Waals surface area contributed by atoms with Crippen LogP contribution < -0.4 is 4.74 Å². The molecule has 0 aliphatic carbocycles. The number of carboxylic acids is 2. The summed E-state index contributed by atoms with van der Waals surface area (Å²) in [5, 5.41) is 18.0. The molecule has 0 amide bonds. The van der Waals surface area contributed by atoms with Crippen molar-refractivity contribution in [2.75, 3.05) is 6.61 Å². The van der Waals surface area contributed by atoms with Gasteiger partial charge in [0, 0.05) is 6.42 Å².